The molecule has 0 aliphatic rings. The fourth-order valence-corrected chi connectivity index (χ4v) is 0.892. The first-order valence-electron chi connectivity index (χ1n) is 4.12. The van der Waals surface area contributed by atoms with Crippen LogP contribution in [0.5, 0.6) is 0 Å². The molecule has 0 aliphatic heterocycles. The number of esters is 1. The molecule has 0 rings (SSSR count). The number of nitrogens with one attached hydrogen (secondary N) is 1. The molecular weight excluding hydrogens is 210 g/mol. The van der Waals surface area contributed by atoms with Gasteiger partial charge < -0.3 is 14.8 Å². The van der Waals surface area contributed by atoms with Crippen LogP contribution in [-0.4, -0.2) is 30.8 Å². The Morgan fingerprint density at radius 3 is 2.64 bits per heavy atom. The van der Waals surface area contributed by atoms with E-state index in [1.807, 2.05) is 0 Å². The summed E-state index contributed by atoms with van der Waals surface area (Å²) in [6, 6.07) is -0.170. The van der Waals surface area contributed by atoms with Gasteiger partial charge in [0, 0.05) is 12.8 Å². The molecule has 14 heavy (non-hydrogen) atoms. The first kappa shape index (κ1) is 12.9. The second-order valence-electron chi connectivity index (χ2n) is 2.45. The summed E-state index contributed by atoms with van der Waals surface area (Å²) in [5, 5.41) is 2.35. The minimum Gasteiger partial charge on any atom is -0.449 e. The van der Waals surface area contributed by atoms with Crippen molar-refractivity contribution in [3.63, 3.8) is 0 Å². The lowest BCUT2D eigenvalue weighted by Crippen LogP contribution is -2.24. The van der Waals surface area contributed by atoms with Crippen LogP contribution in [-0.2, 0) is 19.1 Å². The molecule has 1 N–H and O–H groups in total. The van der Waals surface area contributed by atoms with E-state index in [9.17, 15) is 14.4 Å². The van der Waals surface area contributed by atoms with E-state index in [1.54, 1.807) is 0 Å². The number of amides is 1. The summed E-state index contributed by atoms with van der Waals surface area (Å²) < 4.78 is 4.44. The second kappa shape index (κ2) is 8.50. The molecular formula is C8H12ClNO4. The second-order valence-corrected chi connectivity index (χ2v) is 2.67. The number of ether oxygens (including phenoxy) is 1. The van der Waals surface area contributed by atoms with Gasteiger partial charge in [0.1, 0.15) is 6.29 Å². The summed E-state index contributed by atoms with van der Waals surface area (Å²) in [4.78, 5) is 31.5. The predicted octanol–water partition coefficient (Wildman–Crippen LogP) is 0.211. The number of hydrogen-bond donors (Lipinski definition) is 1. The molecule has 6 heteroatoms. The normalized spacial score (nSPS) is 9.21. The van der Waals surface area contributed by atoms with Crippen molar-refractivity contribution < 1.29 is 19.1 Å². The molecule has 0 saturated carbocycles. The van der Waals surface area contributed by atoms with Gasteiger partial charge in [-0.05, 0) is 6.42 Å². The van der Waals surface area contributed by atoms with Gasteiger partial charge in [-0.15, -0.1) is 0 Å². The summed E-state index contributed by atoms with van der Waals surface area (Å²) in [6.07, 6.45) is 1.34. The van der Waals surface area contributed by atoms with Crippen molar-refractivity contribution in [3.8, 4) is 0 Å². The third-order valence-electron chi connectivity index (χ3n) is 1.38. The zero-order valence-corrected chi connectivity index (χ0v) is 8.38. The summed E-state index contributed by atoms with van der Waals surface area (Å²) in [5.41, 5.74) is 0. The van der Waals surface area contributed by atoms with E-state index < -0.39 is 5.97 Å². The molecule has 0 aromatic rings. The third kappa shape index (κ3) is 7.54. The van der Waals surface area contributed by atoms with Crippen molar-refractivity contribution >= 4 is 29.8 Å². The highest BCUT2D eigenvalue weighted by Crippen LogP contribution is 1.98. The third-order valence-corrected chi connectivity index (χ3v) is 1.49. The van der Waals surface area contributed by atoms with Crippen LogP contribution in [0.4, 0.5) is 0 Å². The van der Waals surface area contributed by atoms with E-state index in [2.05, 4.69) is 10.1 Å². The van der Waals surface area contributed by atoms with Gasteiger partial charge in [0.05, 0.1) is 6.54 Å². The van der Waals surface area contributed by atoms with Crippen LogP contribution < -0.4 is 5.32 Å². The van der Waals surface area contributed by atoms with E-state index in [0.29, 0.717) is 12.7 Å². The maximum Gasteiger partial charge on any atom is 0.306 e. The maximum absolute atomic E-state index is 10.9. The first-order valence-corrected chi connectivity index (χ1v) is 4.66. The van der Waals surface area contributed by atoms with Crippen molar-refractivity contribution in [3.05, 3.63) is 0 Å². The fourth-order valence-electron chi connectivity index (χ4n) is 0.770. The fraction of sp³-hybridized carbons (Fsp3) is 0.625. The number of halogens is 1. The Labute approximate surface area is 86.7 Å². The van der Waals surface area contributed by atoms with E-state index in [1.165, 1.54) is 0 Å². The van der Waals surface area contributed by atoms with Crippen molar-refractivity contribution in [2.75, 3.05) is 12.6 Å². The Kier molecular flexibility index (Phi) is 7.83. The number of aldehydes is 1. The molecule has 0 aromatic heterocycles. The largest absolute Gasteiger partial charge is 0.449 e. The molecule has 0 heterocycles. The average molecular weight is 222 g/mol. The Morgan fingerprint density at radius 2 is 2.07 bits per heavy atom. The molecule has 0 bridgehead atoms. The number of carbonyl (C=O) groups is 3. The molecule has 1 amide bonds. The maximum atomic E-state index is 10.9. The SMILES string of the molecule is O=CCNC(=O)CCCC(=O)OCCl. The lowest BCUT2D eigenvalue weighted by Gasteiger charge is -2.01. The molecule has 5 nitrogen and oxygen atoms in total. The number of carbonyl (C=O) groups excluding carboxylic acids is 3. The van der Waals surface area contributed by atoms with Gasteiger partial charge in [-0.3, -0.25) is 9.59 Å². The molecule has 0 atom stereocenters. The topological polar surface area (TPSA) is 72.5 Å². The molecule has 0 radical (unpaired) electrons. The Hall–Kier alpha value is -1.10. The van der Waals surface area contributed by atoms with Gasteiger partial charge in [0.15, 0.2) is 6.07 Å². The Bertz CT molecular complexity index is 208. The highest BCUT2D eigenvalue weighted by atomic mass is 35.5. The van der Waals surface area contributed by atoms with E-state index in [4.69, 9.17) is 11.6 Å². The molecule has 0 spiro atoms. The van der Waals surface area contributed by atoms with Crippen LogP contribution in [0.15, 0.2) is 0 Å². The monoisotopic (exact) mass is 221 g/mol. The highest BCUT2D eigenvalue weighted by molar-refractivity contribution is 6.17. The molecule has 0 fully saturated rings. The summed E-state index contributed by atoms with van der Waals surface area (Å²) in [6.45, 7) is 0.00492. The first-order chi connectivity index (χ1) is 6.70. The van der Waals surface area contributed by atoms with E-state index in [0.717, 1.165) is 0 Å². The van der Waals surface area contributed by atoms with E-state index >= 15 is 0 Å². The van der Waals surface area contributed by atoms with Gasteiger partial charge in [0.2, 0.25) is 5.91 Å². The Balaban J connectivity index is 3.39. The zero-order chi connectivity index (χ0) is 10.8. The van der Waals surface area contributed by atoms with Gasteiger partial charge in [-0.1, -0.05) is 11.6 Å². The van der Waals surface area contributed by atoms with Crippen molar-refractivity contribution in [1.29, 1.82) is 0 Å². The van der Waals surface area contributed by atoms with Crippen LogP contribution >= 0.6 is 11.6 Å². The van der Waals surface area contributed by atoms with Crippen LogP contribution in [0.25, 0.3) is 0 Å². The lowest BCUT2D eigenvalue weighted by molar-refractivity contribution is -0.141. The van der Waals surface area contributed by atoms with Crippen LogP contribution in [0, 0.1) is 0 Å². The lowest BCUT2D eigenvalue weighted by atomic mass is 10.2. The van der Waals surface area contributed by atoms with Crippen molar-refractivity contribution in [2.45, 2.75) is 19.3 Å². The summed E-state index contributed by atoms with van der Waals surface area (Å²) in [7, 11) is 0. The molecule has 0 aliphatic carbocycles. The van der Waals surface area contributed by atoms with Gasteiger partial charge in [-0.2, -0.15) is 0 Å². The van der Waals surface area contributed by atoms with Crippen LogP contribution in [0.2, 0.25) is 0 Å². The molecule has 0 saturated heterocycles. The quantitative estimate of drug-likeness (QED) is 0.379. The number of hydrogen-bond acceptors (Lipinski definition) is 4. The molecule has 0 unspecified atom stereocenters. The van der Waals surface area contributed by atoms with Crippen LogP contribution in [0.1, 0.15) is 19.3 Å². The van der Waals surface area contributed by atoms with Gasteiger partial charge in [-0.25, -0.2) is 0 Å². The minimum absolute atomic E-state index is 0.00492. The Morgan fingerprint density at radius 1 is 1.36 bits per heavy atom. The van der Waals surface area contributed by atoms with Crippen molar-refractivity contribution in [1.82, 2.24) is 5.32 Å². The minimum atomic E-state index is -0.428. The highest BCUT2D eigenvalue weighted by Gasteiger charge is 2.04. The average Bonchev–Trinajstić information content (AvgIpc) is 2.15. The van der Waals surface area contributed by atoms with Gasteiger partial charge >= 0.3 is 5.97 Å². The zero-order valence-electron chi connectivity index (χ0n) is 7.62. The van der Waals surface area contributed by atoms with Crippen LogP contribution in [0.3, 0.4) is 0 Å². The summed E-state index contributed by atoms with van der Waals surface area (Å²) in [5.74, 6) is -0.682. The van der Waals surface area contributed by atoms with E-state index in [-0.39, 0.29) is 31.4 Å². The molecule has 0 aromatic carbocycles. The predicted molar refractivity (Wildman–Crippen MR) is 49.7 cm³/mol. The number of rotatable bonds is 7. The van der Waals surface area contributed by atoms with Gasteiger partial charge in [0.25, 0.3) is 0 Å². The summed E-state index contributed by atoms with van der Waals surface area (Å²) >= 11 is 5.15. The molecule has 80 valence electrons. The number of alkyl halides is 1. The van der Waals surface area contributed by atoms with Crippen molar-refractivity contribution in [2.24, 2.45) is 0 Å². The smallest absolute Gasteiger partial charge is 0.306 e. The standard InChI is InChI=1S/C8H12ClNO4/c9-6-14-8(13)3-1-2-7(12)10-4-5-11/h5H,1-4,6H2,(H,10,12).